The van der Waals surface area contributed by atoms with Gasteiger partial charge in [-0.2, -0.15) is 0 Å². The van der Waals surface area contributed by atoms with Crippen LogP contribution in [0.4, 0.5) is 5.69 Å². The van der Waals surface area contributed by atoms with Crippen molar-refractivity contribution < 1.29 is 18.0 Å². The van der Waals surface area contributed by atoms with Crippen LogP contribution in [0.25, 0.3) is 0 Å². The molecular formula is C27H39N3O4S. The van der Waals surface area contributed by atoms with Gasteiger partial charge in [-0.1, -0.05) is 69.2 Å². The molecule has 8 heteroatoms. The summed E-state index contributed by atoms with van der Waals surface area (Å²) in [5.74, 6) is -0.646. The van der Waals surface area contributed by atoms with E-state index in [-0.39, 0.29) is 19.0 Å². The molecule has 0 saturated carbocycles. The van der Waals surface area contributed by atoms with Gasteiger partial charge in [0.25, 0.3) is 0 Å². The lowest BCUT2D eigenvalue weighted by atomic mass is 10.1. The molecule has 0 unspecified atom stereocenters. The molecule has 0 aliphatic heterocycles. The van der Waals surface area contributed by atoms with Gasteiger partial charge in [-0.25, -0.2) is 8.42 Å². The maximum absolute atomic E-state index is 13.6. The SMILES string of the molecule is CCCCNC(=O)[C@H](CC)N(Cc1ccc(C)cc1)C(=O)CN(c1ccc(CC)cc1)S(C)(=O)=O. The van der Waals surface area contributed by atoms with Crippen LogP contribution in [-0.4, -0.2) is 50.5 Å². The standard InChI is InChI=1S/C27H39N3O4S/c1-6-9-18-28-27(32)25(8-3)29(19-23-12-10-21(4)11-13-23)26(31)20-30(35(5,33)34)24-16-14-22(7-2)15-17-24/h10-17,25H,6-9,18-20H2,1-5H3,(H,28,32)/t25-/m0/s1. The number of rotatable bonds is 13. The highest BCUT2D eigenvalue weighted by molar-refractivity contribution is 7.92. The van der Waals surface area contributed by atoms with Crippen molar-refractivity contribution >= 4 is 27.5 Å². The molecule has 0 radical (unpaired) electrons. The number of aryl methyl sites for hydroxylation is 2. The van der Waals surface area contributed by atoms with E-state index < -0.39 is 22.0 Å². The van der Waals surface area contributed by atoms with E-state index in [9.17, 15) is 18.0 Å². The van der Waals surface area contributed by atoms with Gasteiger partial charge in [0.2, 0.25) is 21.8 Å². The monoisotopic (exact) mass is 501 g/mol. The Bertz CT molecular complexity index is 1070. The van der Waals surface area contributed by atoms with Crippen LogP contribution in [0, 0.1) is 6.92 Å². The zero-order valence-corrected chi connectivity index (χ0v) is 22.4. The van der Waals surface area contributed by atoms with E-state index in [0.717, 1.165) is 46.5 Å². The number of amides is 2. The predicted octanol–water partition coefficient (Wildman–Crippen LogP) is 4.05. The molecule has 0 aromatic heterocycles. The van der Waals surface area contributed by atoms with Crippen molar-refractivity contribution in [2.45, 2.75) is 66.0 Å². The second kappa shape index (κ2) is 13.3. The minimum absolute atomic E-state index is 0.213. The quantitative estimate of drug-likeness (QED) is 0.420. The Kier molecular flexibility index (Phi) is 10.8. The molecule has 0 aliphatic carbocycles. The third-order valence-electron chi connectivity index (χ3n) is 6.00. The predicted molar refractivity (Wildman–Crippen MR) is 142 cm³/mol. The number of sulfonamides is 1. The van der Waals surface area contributed by atoms with E-state index in [4.69, 9.17) is 0 Å². The third-order valence-corrected chi connectivity index (χ3v) is 7.14. The van der Waals surface area contributed by atoms with Crippen LogP contribution in [0.3, 0.4) is 0 Å². The lowest BCUT2D eigenvalue weighted by Crippen LogP contribution is -2.52. The topological polar surface area (TPSA) is 86.8 Å². The Hall–Kier alpha value is -2.87. The third kappa shape index (κ3) is 8.38. The fraction of sp³-hybridized carbons (Fsp3) is 0.481. The Morgan fingerprint density at radius 3 is 2.06 bits per heavy atom. The van der Waals surface area contributed by atoms with Gasteiger partial charge in [0, 0.05) is 13.1 Å². The number of unbranched alkanes of at least 4 members (excludes halogenated alkanes) is 1. The first-order valence-corrected chi connectivity index (χ1v) is 14.1. The number of carbonyl (C=O) groups is 2. The summed E-state index contributed by atoms with van der Waals surface area (Å²) >= 11 is 0. The van der Waals surface area contributed by atoms with Crippen molar-refractivity contribution in [2.75, 3.05) is 23.7 Å². The summed E-state index contributed by atoms with van der Waals surface area (Å²) in [5, 5.41) is 2.93. The molecule has 7 nitrogen and oxygen atoms in total. The fourth-order valence-electron chi connectivity index (χ4n) is 3.83. The van der Waals surface area contributed by atoms with E-state index in [0.29, 0.717) is 18.7 Å². The first kappa shape index (κ1) is 28.4. The zero-order valence-electron chi connectivity index (χ0n) is 21.6. The summed E-state index contributed by atoms with van der Waals surface area (Å²) in [6.45, 7) is 8.28. The summed E-state index contributed by atoms with van der Waals surface area (Å²) in [7, 11) is -3.73. The van der Waals surface area contributed by atoms with Gasteiger partial charge in [-0.3, -0.25) is 13.9 Å². The minimum atomic E-state index is -3.73. The van der Waals surface area contributed by atoms with E-state index in [1.165, 1.54) is 4.90 Å². The molecule has 0 aliphatic rings. The Balaban J connectivity index is 2.38. The van der Waals surface area contributed by atoms with Crippen LogP contribution in [0.2, 0.25) is 0 Å². The number of carbonyl (C=O) groups excluding carboxylic acids is 2. The lowest BCUT2D eigenvalue weighted by Gasteiger charge is -2.33. The second-order valence-corrected chi connectivity index (χ2v) is 10.8. The van der Waals surface area contributed by atoms with Crippen molar-refractivity contribution in [3.05, 3.63) is 65.2 Å². The molecule has 2 amide bonds. The van der Waals surface area contributed by atoms with Crippen molar-refractivity contribution in [1.29, 1.82) is 0 Å². The molecule has 0 fully saturated rings. The zero-order chi connectivity index (χ0) is 26.0. The van der Waals surface area contributed by atoms with Crippen LogP contribution in [0.15, 0.2) is 48.5 Å². The maximum Gasteiger partial charge on any atom is 0.244 e. The molecule has 2 rings (SSSR count). The van der Waals surface area contributed by atoms with E-state index in [1.807, 2.05) is 64.1 Å². The Morgan fingerprint density at radius 2 is 1.54 bits per heavy atom. The van der Waals surface area contributed by atoms with Gasteiger partial charge in [-0.15, -0.1) is 0 Å². The van der Waals surface area contributed by atoms with Crippen LogP contribution in [0.5, 0.6) is 0 Å². The first-order chi connectivity index (χ1) is 16.6. The van der Waals surface area contributed by atoms with E-state index >= 15 is 0 Å². The smallest absolute Gasteiger partial charge is 0.244 e. The molecule has 0 spiro atoms. The Morgan fingerprint density at radius 1 is 0.943 bits per heavy atom. The van der Waals surface area contributed by atoms with Crippen LogP contribution in [-0.2, 0) is 32.6 Å². The number of benzene rings is 2. The molecular weight excluding hydrogens is 462 g/mol. The molecule has 1 N–H and O–H groups in total. The molecule has 0 bridgehead atoms. The van der Waals surface area contributed by atoms with Gasteiger partial charge in [-0.05, 0) is 49.4 Å². The highest BCUT2D eigenvalue weighted by atomic mass is 32.2. The summed E-state index contributed by atoms with van der Waals surface area (Å²) < 4.78 is 26.4. The molecule has 0 saturated heterocycles. The van der Waals surface area contributed by atoms with Gasteiger partial charge in [0.15, 0.2) is 0 Å². The normalized spacial score (nSPS) is 12.1. The molecule has 2 aromatic carbocycles. The minimum Gasteiger partial charge on any atom is -0.354 e. The fourth-order valence-corrected chi connectivity index (χ4v) is 4.68. The number of anilines is 1. The van der Waals surface area contributed by atoms with Crippen molar-refractivity contribution in [3.8, 4) is 0 Å². The summed E-state index contributed by atoms with van der Waals surface area (Å²) in [5.41, 5.74) is 3.47. The number of nitrogens with one attached hydrogen (secondary N) is 1. The second-order valence-electron chi connectivity index (χ2n) is 8.87. The van der Waals surface area contributed by atoms with Crippen LogP contribution >= 0.6 is 0 Å². The molecule has 1 atom stereocenters. The van der Waals surface area contributed by atoms with Gasteiger partial charge >= 0.3 is 0 Å². The van der Waals surface area contributed by atoms with Crippen molar-refractivity contribution in [3.63, 3.8) is 0 Å². The number of hydrogen-bond acceptors (Lipinski definition) is 4. The maximum atomic E-state index is 13.6. The van der Waals surface area contributed by atoms with Crippen LogP contribution < -0.4 is 9.62 Å². The van der Waals surface area contributed by atoms with Gasteiger partial charge < -0.3 is 10.2 Å². The number of hydrogen-bond donors (Lipinski definition) is 1. The van der Waals surface area contributed by atoms with E-state index in [2.05, 4.69) is 5.32 Å². The van der Waals surface area contributed by atoms with Crippen molar-refractivity contribution in [2.24, 2.45) is 0 Å². The van der Waals surface area contributed by atoms with Crippen molar-refractivity contribution in [1.82, 2.24) is 10.2 Å². The van der Waals surface area contributed by atoms with E-state index in [1.54, 1.807) is 12.1 Å². The van der Waals surface area contributed by atoms with Crippen LogP contribution in [0.1, 0.15) is 56.7 Å². The summed E-state index contributed by atoms with van der Waals surface area (Å²) in [6.07, 6.45) is 4.13. The average molecular weight is 502 g/mol. The van der Waals surface area contributed by atoms with Gasteiger partial charge in [0.1, 0.15) is 12.6 Å². The first-order valence-electron chi connectivity index (χ1n) is 12.3. The average Bonchev–Trinajstić information content (AvgIpc) is 2.83. The highest BCUT2D eigenvalue weighted by Crippen LogP contribution is 2.21. The molecule has 0 heterocycles. The highest BCUT2D eigenvalue weighted by Gasteiger charge is 2.31. The lowest BCUT2D eigenvalue weighted by molar-refractivity contribution is -0.140. The molecule has 2 aromatic rings. The summed E-state index contributed by atoms with van der Waals surface area (Å²) in [6, 6.07) is 14.2. The molecule has 192 valence electrons. The Labute approximate surface area is 210 Å². The molecule has 35 heavy (non-hydrogen) atoms. The largest absolute Gasteiger partial charge is 0.354 e. The van der Waals surface area contributed by atoms with Gasteiger partial charge in [0.05, 0.1) is 11.9 Å². The number of nitrogens with zero attached hydrogens (tertiary/aromatic N) is 2. The summed E-state index contributed by atoms with van der Waals surface area (Å²) in [4.78, 5) is 28.2.